The molecule has 0 atom stereocenters. The van der Waals surface area contributed by atoms with Crippen LogP contribution in [-0.4, -0.2) is 45.9 Å². The van der Waals surface area contributed by atoms with Crippen LogP contribution in [0.5, 0.6) is 0 Å². The zero-order valence-electron chi connectivity index (χ0n) is 15.2. The van der Waals surface area contributed by atoms with Crippen molar-refractivity contribution in [2.75, 3.05) is 36.0 Å². The van der Waals surface area contributed by atoms with Crippen molar-refractivity contribution in [3.05, 3.63) is 72.9 Å². The molecule has 0 spiro atoms. The highest BCUT2D eigenvalue weighted by atomic mass is 19.1. The van der Waals surface area contributed by atoms with E-state index < -0.39 is 0 Å². The van der Waals surface area contributed by atoms with Gasteiger partial charge in [-0.25, -0.2) is 19.0 Å². The molecule has 6 nitrogen and oxygen atoms in total. The number of aromatic nitrogens is 4. The van der Waals surface area contributed by atoms with Crippen molar-refractivity contribution in [3.8, 4) is 5.69 Å². The van der Waals surface area contributed by atoms with E-state index in [0.29, 0.717) is 0 Å². The van der Waals surface area contributed by atoms with Crippen LogP contribution in [0.1, 0.15) is 0 Å². The van der Waals surface area contributed by atoms with E-state index >= 15 is 0 Å². The van der Waals surface area contributed by atoms with E-state index in [0.717, 1.165) is 54.4 Å². The lowest BCUT2D eigenvalue weighted by Gasteiger charge is -2.36. The van der Waals surface area contributed by atoms with Crippen molar-refractivity contribution in [2.45, 2.75) is 0 Å². The van der Waals surface area contributed by atoms with E-state index in [2.05, 4.69) is 24.9 Å². The van der Waals surface area contributed by atoms with Crippen molar-refractivity contribution in [1.82, 2.24) is 19.7 Å². The Balaban J connectivity index is 1.40. The first-order valence-electron chi connectivity index (χ1n) is 9.29. The molecule has 2 aromatic heterocycles. The van der Waals surface area contributed by atoms with Gasteiger partial charge in [0.05, 0.1) is 17.3 Å². The number of rotatable bonds is 3. The van der Waals surface area contributed by atoms with Gasteiger partial charge in [-0.2, -0.15) is 5.10 Å². The SMILES string of the molecule is Fc1ccc(N2CCN(c3ncnc4c3cnn4-c3ccccc3)CC2)cc1. The quantitative estimate of drug-likeness (QED) is 0.551. The molecule has 1 fully saturated rings. The molecule has 0 radical (unpaired) electrons. The van der Waals surface area contributed by atoms with Gasteiger partial charge in [0.2, 0.25) is 0 Å². The van der Waals surface area contributed by atoms with Gasteiger partial charge in [0.25, 0.3) is 0 Å². The van der Waals surface area contributed by atoms with Crippen LogP contribution in [0.4, 0.5) is 15.9 Å². The van der Waals surface area contributed by atoms with Gasteiger partial charge in [-0.05, 0) is 36.4 Å². The van der Waals surface area contributed by atoms with Gasteiger partial charge in [0, 0.05) is 31.9 Å². The standard InChI is InChI=1S/C21H19FN6/c22-16-6-8-17(9-7-16)26-10-12-27(13-11-26)20-19-14-25-28(21(19)24-15-23-20)18-4-2-1-3-5-18/h1-9,14-15H,10-13H2. The van der Waals surface area contributed by atoms with E-state index in [1.54, 1.807) is 6.33 Å². The maximum absolute atomic E-state index is 13.2. The Morgan fingerprint density at radius 2 is 1.46 bits per heavy atom. The largest absolute Gasteiger partial charge is 0.368 e. The number of benzene rings is 2. The predicted molar refractivity (Wildman–Crippen MR) is 107 cm³/mol. The second kappa shape index (κ2) is 6.92. The molecule has 0 aliphatic carbocycles. The van der Waals surface area contributed by atoms with Crippen LogP contribution in [0.3, 0.4) is 0 Å². The first-order valence-corrected chi connectivity index (χ1v) is 9.29. The Morgan fingerprint density at radius 3 is 2.21 bits per heavy atom. The third-order valence-corrected chi connectivity index (χ3v) is 5.12. The van der Waals surface area contributed by atoms with Crippen molar-refractivity contribution < 1.29 is 4.39 Å². The minimum atomic E-state index is -0.207. The molecule has 0 N–H and O–H groups in total. The summed E-state index contributed by atoms with van der Waals surface area (Å²) in [4.78, 5) is 13.5. The minimum Gasteiger partial charge on any atom is -0.368 e. The summed E-state index contributed by atoms with van der Waals surface area (Å²) in [6.45, 7) is 3.37. The zero-order valence-corrected chi connectivity index (χ0v) is 15.2. The van der Waals surface area contributed by atoms with Crippen molar-refractivity contribution in [3.63, 3.8) is 0 Å². The van der Waals surface area contributed by atoms with Gasteiger partial charge in [-0.15, -0.1) is 0 Å². The number of halogens is 1. The predicted octanol–water partition coefficient (Wildman–Crippen LogP) is 3.28. The molecule has 0 bridgehead atoms. The molecule has 5 rings (SSSR count). The Morgan fingerprint density at radius 1 is 0.750 bits per heavy atom. The monoisotopic (exact) mass is 374 g/mol. The molecule has 0 amide bonds. The Hall–Kier alpha value is -3.48. The summed E-state index contributed by atoms with van der Waals surface area (Å²) in [7, 11) is 0. The van der Waals surface area contributed by atoms with Gasteiger partial charge in [-0.3, -0.25) is 0 Å². The van der Waals surface area contributed by atoms with E-state index in [4.69, 9.17) is 0 Å². The fraction of sp³-hybridized carbons (Fsp3) is 0.190. The van der Waals surface area contributed by atoms with Gasteiger partial charge in [0.15, 0.2) is 5.65 Å². The van der Waals surface area contributed by atoms with Gasteiger partial charge >= 0.3 is 0 Å². The molecule has 1 saturated heterocycles. The highest BCUT2D eigenvalue weighted by Crippen LogP contribution is 2.26. The third kappa shape index (κ3) is 2.94. The van der Waals surface area contributed by atoms with Crippen LogP contribution >= 0.6 is 0 Å². The maximum Gasteiger partial charge on any atom is 0.168 e. The van der Waals surface area contributed by atoms with Crippen molar-refractivity contribution in [2.24, 2.45) is 0 Å². The van der Waals surface area contributed by atoms with E-state index in [-0.39, 0.29) is 5.82 Å². The van der Waals surface area contributed by atoms with Crippen LogP contribution in [0.25, 0.3) is 16.7 Å². The lowest BCUT2D eigenvalue weighted by atomic mass is 10.2. The second-order valence-corrected chi connectivity index (χ2v) is 6.78. The number of para-hydroxylation sites is 1. The van der Waals surface area contributed by atoms with Crippen LogP contribution in [0, 0.1) is 5.82 Å². The lowest BCUT2D eigenvalue weighted by Crippen LogP contribution is -2.46. The van der Waals surface area contributed by atoms with Crippen molar-refractivity contribution >= 4 is 22.5 Å². The highest BCUT2D eigenvalue weighted by molar-refractivity contribution is 5.87. The molecule has 7 heteroatoms. The fourth-order valence-corrected chi connectivity index (χ4v) is 3.67. The smallest absolute Gasteiger partial charge is 0.168 e. The molecule has 3 heterocycles. The molecule has 1 aliphatic rings. The number of piperazine rings is 1. The summed E-state index contributed by atoms with van der Waals surface area (Å²) in [5, 5.41) is 5.48. The highest BCUT2D eigenvalue weighted by Gasteiger charge is 2.21. The third-order valence-electron chi connectivity index (χ3n) is 5.12. The van der Waals surface area contributed by atoms with Crippen molar-refractivity contribution in [1.29, 1.82) is 0 Å². The van der Waals surface area contributed by atoms with Crippen LogP contribution in [0.2, 0.25) is 0 Å². The lowest BCUT2D eigenvalue weighted by molar-refractivity contribution is 0.624. The number of hydrogen-bond donors (Lipinski definition) is 0. The van der Waals surface area contributed by atoms with Gasteiger partial charge < -0.3 is 9.80 Å². The topological polar surface area (TPSA) is 50.1 Å². The Kier molecular flexibility index (Phi) is 4.12. The first kappa shape index (κ1) is 16.7. The zero-order chi connectivity index (χ0) is 18.9. The van der Waals surface area contributed by atoms with Gasteiger partial charge in [-0.1, -0.05) is 18.2 Å². The maximum atomic E-state index is 13.2. The molecule has 2 aromatic carbocycles. The molecule has 0 unspecified atom stereocenters. The molecule has 4 aromatic rings. The second-order valence-electron chi connectivity index (χ2n) is 6.78. The Labute approximate surface area is 161 Å². The molecule has 28 heavy (non-hydrogen) atoms. The molecular formula is C21H19FN6. The summed E-state index contributed by atoms with van der Waals surface area (Å²) in [5.74, 6) is 0.701. The molecule has 140 valence electrons. The van der Waals surface area contributed by atoms with E-state index in [1.165, 1.54) is 12.1 Å². The normalized spacial score (nSPS) is 14.6. The Bertz CT molecular complexity index is 1090. The average molecular weight is 374 g/mol. The summed E-state index contributed by atoms with van der Waals surface area (Å²) < 4.78 is 15.0. The van der Waals surface area contributed by atoms with Gasteiger partial charge in [0.1, 0.15) is 18.0 Å². The molecule has 1 aliphatic heterocycles. The number of fused-ring (bicyclic) bond motifs is 1. The number of anilines is 2. The fourth-order valence-electron chi connectivity index (χ4n) is 3.67. The van der Waals surface area contributed by atoms with Crippen LogP contribution in [0.15, 0.2) is 67.1 Å². The summed E-state index contributed by atoms with van der Waals surface area (Å²) in [5.41, 5.74) is 2.83. The van der Waals surface area contributed by atoms with E-state index in [1.807, 2.05) is 53.3 Å². The minimum absolute atomic E-state index is 0.207. The van der Waals surface area contributed by atoms with Crippen LogP contribution < -0.4 is 9.80 Å². The van der Waals surface area contributed by atoms with E-state index in [9.17, 15) is 4.39 Å². The summed E-state index contributed by atoms with van der Waals surface area (Å²) >= 11 is 0. The average Bonchev–Trinajstić information content (AvgIpc) is 3.19. The first-order chi connectivity index (χ1) is 13.8. The summed E-state index contributed by atoms with van der Waals surface area (Å²) in [6.07, 6.45) is 3.44. The summed E-state index contributed by atoms with van der Waals surface area (Å²) in [6, 6.07) is 16.7. The molecular weight excluding hydrogens is 355 g/mol. The number of nitrogens with zero attached hydrogens (tertiary/aromatic N) is 6. The molecule has 0 saturated carbocycles. The van der Waals surface area contributed by atoms with Crippen LogP contribution in [-0.2, 0) is 0 Å². The number of hydrogen-bond acceptors (Lipinski definition) is 5.